The lowest BCUT2D eigenvalue weighted by atomic mass is 9.92. The van der Waals surface area contributed by atoms with Gasteiger partial charge in [-0.2, -0.15) is 0 Å². The number of pyridine rings is 1. The SMILES string of the molecule is C[C@@H]1C[C@@H](C)CN(C(=O)COC(=O)c2cc(=O)[nH]c3ccccc23)C1. The minimum absolute atomic E-state index is 0.174. The number of likely N-dealkylation sites (tertiary alicyclic amines) is 1. The predicted molar refractivity (Wildman–Crippen MR) is 94.4 cm³/mol. The summed E-state index contributed by atoms with van der Waals surface area (Å²) in [5, 5.41) is 0.597. The average Bonchev–Trinajstić information content (AvgIpc) is 2.57. The van der Waals surface area contributed by atoms with Crippen molar-refractivity contribution in [3.8, 4) is 0 Å². The largest absolute Gasteiger partial charge is 0.452 e. The number of benzene rings is 1. The molecule has 1 fully saturated rings. The smallest absolute Gasteiger partial charge is 0.339 e. The molecule has 25 heavy (non-hydrogen) atoms. The highest BCUT2D eigenvalue weighted by Crippen LogP contribution is 2.21. The van der Waals surface area contributed by atoms with E-state index in [0.717, 1.165) is 6.42 Å². The Balaban J connectivity index is 1.71. The third-order valence-corrected chi connectivity index (χ3v) is 4.52. The van der Waals surface area contributed by atoms with E-state index in [0.29, 0.717) is 35.8 Å². The number of esters is 1. The fraction of sp³-hybridized carbons (Fsp3) is 0.421. The van der Waals surface area contributed by atoms with E-state index in [-0.39, 0.29) is 23.6 Å². The lowest BCUT2D eigenvalue weighted by molar-refractivity contribution is -0.137. The van der Waals surface area contributed by atoms with Gasteiger partial charge in [-0.25, -0.2) is 4.79 Å². The van der Waals surface area contributed by atoms with Crippen LogP contribution >= 0.6 is 0 Å². The maximum absolute atomic E-state index is 12.4. The van der Waals surface area contributed by atoms with Crippen molar-refractivity contribution in [3.63, 3.8) is 0 Å². The zero-order valence-corrected chi connectivity index (χ0v) is 14.5. The van der Waals surface area contributed by atoms with E-state index in [1.165, 1.54) is 6.07 Å². The van der Waals surface area contributed by atoms with Crippen LogP contribution in [0, 0.1) is 11.8 Å². The van der Waals surface area contributed by atoms with Crippen molar-refractivity contribution < 1.29 is 14.3 Å². The topological polar surface area (TPSA) is 79.5 Å². The van der Waals surface area contributed by atoms with Crippen LogP contribution in [0.3, 0.4) is 0 Å². The minimum atomic E-state index is -0.659. The zero-order chi connectivity index (χ0) is 18.0. The minimum Gasteiger partial charge on any atom is -0.452 e. The highest BCUT2D eigenvalue weighted by molar-refractivity contribution is 6.03. The highest BCUT2D eigenvalue weighted by Gasteiger charge is 2.26. The molecule has 1 aromatic carbocycles. The van der Waals surface area contributed by atoms with Crippen molar-refractivity contribution in [1.82, 2.24) is 9.88 Å². The van der Waals surface area contributed by atoms with Crippen molar-refractivity contribution in [1.29, 1.82) is 0 Å². The Morgan fingerprint density at radius 2 is 1.88 bits per heavy atom. The maximum atomic E-state index is 12.4. The first-order valence-electron chi connectivity index (χ1n) is 8.51. The number of fused-ring (bicyclic) bond motifs is 1. The first-order chi connectivity index (χ1) is 11.9. The maximum Gasteiger partial charge on any atom is 0.339 e. The standard InChI is InChI=1S/C19H22N2O4/c1-12-7-13(2)10-21(9-12)18(23)11-25-19(24)15-8-17(22)20-16-6-4-3-5-14(15)16/h3-6,8,12-13H,7,9-11H2,1-2H3,(H,20,22)/t12-,13-/m1/s1. The number of amides is 1. The Morgan fingerprint density at radius 1 is 1.20 bits per heavy atom. The number of rotatable bonds is 3. The molecule has 0 bridgehead atoms. The molecule has 132 valence electrons. The van der Waals surface area contributed by atoms with Crippen molar-refractivity contribution >= 4 is 22.8 Å². The van der Waals surface area contributed by atoms with E-state index in [2.05, 4.69) is 18.8 Å². The normalized spacial score (nSPS) is 20.5. The number of H-pyrrole nitrogens is 1. The molecule has 1 saturated heterocycles. The van der Waals surface area contributed by atoms with Gasteiger partial charge in [0.2, 0.25) is 5.56 Å². The van der Waals surface area contributed by atoms with E-state index in [9.17, 15) is 14.4 Å². The van der Waals surface area contributed by atoms with Crippen LogP contribution in [0.4, 0.5) is 0 Å². The Morgan fingerprint density at radius 3 is 2.60 bits per heavy atom. The number of nitrogens with zero attached hydrogens (tertiary/aromatic N) is 1. The molecule has 0 unspecified atom stereocenters. The molecule has 2 atom stereocenters. The van der Waals surface area contributed by atoms with Gasteiger partial charge in [0, 0.05) is 30.1 Å². The summed E-state index contributed by atoms with van der Waals surface area (Å²) in [7, 11) is 0. The van der Waals surface area contributed by atoms with E-state index < -0.39 is 5.97 Å². The third-order valence-electron chi connectivity index (χ3n) is 4.52. The number of piperidine rings is 1. The summed E-state index contributed by atoms with van der Waals surface area (Å²) in [5.41, 5.74) is 0.357. The van der Waals surface area contributed by atoms with Gasteiger partial charge in [-0.3, -0.25) is 9.59 Å². The number of aromatic nitrogens is 1. The van der Waals surface area contributed by atoms with E-state index >= 15 is 0 Å². The highest BCUT2D eigenvalue weighted by atomic mass is 16.5. The molecule has 1 amide bonds. The van der Waals surface area contributed by atoms with Crippen LogP contribution in [0.2, 0.25) is 0 Å². The molecule has 6 heteroatoms. The number of carbonyl (C=O) groups is 2. The Kier molecular flexibility index (Phi) is 4.88. The molecule has 0 spiro atoms. The van der Waals surface area contributed by atoms with Crippen molar-refractivity contribution in [2.24, 2.45) is 11.8 Å². The fourth-order valence-corrected chi connectivity index (χ4v) is 3.54. The molecule has 0 saturated carbocycles. The summed E-state index contributed by atoms with van der Waals surface area (Å²) in [6, 6.07) is 8.21. The summed E-state index contributed by atoms with van der Waals surface area (Å²) in [4.78, 5) is 40.9. The van der Waals surface area contributed by atoms with Crippen molar-refractivity contribution in [2.75, 3.05) is 19.7 Å². The summed E-state index contributed by atoms with van der Waals surface area (Å²) in [5.74, 6) is 0.0368. The van der Waals surface area contributed by atoms with Gasteiger partial charge < -0.3 is 14.6 Å². The molecule has 2 aromatic rings. The molecule has 1 aliphatic rings. The number of ether oxygens (including phenoxy) is 1. The Hall–Kier alpha value is -2.63. The van der Waals surface area contributed by atoms with Gasteiger partial charge in [-0.05, 0) is 24.3 Å². The lowest BCUT2D eigenvalue weighted by Gasteiger charge is -2.34. The number of hydrogen-bond acceptors (Lipinski definition) is 4. The van der Waals surface area contributed by atoms with Gasteiger partial charge in [0.25, 0.3) is 5.91 Å². The van der Waals surface area contributed by atoms with Gasteiger partial charge >= 0.3 is 5.97 Å². The van der Waals surface area contributed by atoms with Gasteiger partial charge in [-0.1, -0.05) is 32.0 Å². The van der Waals surface area contributed by atoms with Crippen LogP contribution in [0.5, 0.6) is 0 Å². The van der Waals surface area contributed by atoms with Crippen molar-refractivity contribution in [3.05, 3.63) is 46.2 Å². The molecule has 6 nitrogen and oxygen atoms in total. The van der Waals surface area contributed by atoms with E-state index in [1.807, 2.05) is 0 Å². The van der Waals surface area contributed by atoms with Crippen LogP contribution < -0.4 is 5.56 Å². The molecular formula is C19H22N2O4. The molecule has 3 rings (SSSR count). The van der Waals surface area contributed by atoms with E-state index in [1.54, 1.807) is 29.2 Å². The number of hydrogen-bond donors (Lipinski definition) is 1. The summed E-state index contributed by atoms with van der Waals surface area (Å²) < 4.78 is 5.19. The van der Waals surface area contributed by atoms with Crippen LogP contribution in [0.15, 0.2) is 35.1 Å². The van der Waals surface area contributed by atoms with Crippen LogP contribution in [0.1, 0.15) is 30.6 Å². The summed E-state index contributed by atoms with van der Waals surface area (Å²) in [6.45, 7) is 5.30. The van der Waals surface area contributed by atoms with Crippen LogP contribution in [0.25, 0.3) is 10.9 Å². The number of aromatic amines is 1. The first-order valence-corrected chi connectivity index (χ1v) is 8.51. The van der Waals surface area contributed by atoms with Crippen LogP contribution in [-0.2, 0) is 9.53 Å². The van der Waals surface area contributed by atoms with Crippen LogP contribution in [-0.4, -0.2) is 41.5 Å². The molecule has 1 aromatic heterocycles. The molecule has 0 radical (unpaired) electrons. The molecule has 1 aliphatic heterocycles. The van der Waals surface area contributed by atoms with Gasteiger partial charge in [0.15, 0.2) is 6.61 Å². The number of para-hydroxylation sites is 1. The second kappa shape index (κ2) is 7.09. The van der Waals surface area contributed by atoms with Gasteiger partial charge in [-0.15, -0.1) is 0 Å². The first kappa shape index (κ1) is 17.2. The predicted octanol–water partition coefficient (Wildman–Crippen LogP) is 2.19. The Labute approximate surface area is 145 Å². The molecule has 2 heterocycles. The number of carbonyl (C=O) groups excluding carboxylic acids is 2. The second-order valence-corrected chi connectivity index (χ2v) is 6.91. The lowest BCUT2D eigenvalue weighted by Crippen LogP contribution is -2.44. The average molecular weight is 342 g/mol. The zero-order valence-electron chi connectivity index (χ0n) is 14.5. The number of nitrogens with one attached hydrogen (secondary N) is 1. The monoisotopic (exact) mass is 342 g/mol. The molecule has 1 N–H and O–H groups in total. The molecule has 0 aliphatic carbocycles. The quantitative estimate of drug-likeness (QED) is 0.867. The van der Waals surface area contributed by atoms with Crippen molar-refractivity contribution in [2.45, 2.75) is 20.3 Å². The molecular weight excluding hydrogens is 320 g/mol. The Bertz CT molecular complexity index is 848. The summed E-state index contributed by atoms with van der Waals surface area (Å²) in [6.07, 6.45) is 1.10. The summed E-state index contributed by atoms with van der Waals surface area (Å²) >= 11 is 0. The van der Waals surface area contributed by atoms with E-state index in [4.69, 9.17) is 4.74 Å². The third kappa shape index (κ3) is 3.90. The van der Waals surface area contributed by atoms with Gasteiger partial charge in [0.1, 0.15) is 0 Å². The van der Waals surface area contributed by atoms with Gasteiger partial charge in [0.05, 0.1) is 5.56 Å². The fourth-order valence-electron chi connectivity index (χ4n) is 3.54. The second-order valence-electron chi connectivity index (χ2n) is 6.91.